The minimum atomic E-state index is -0.728. The molecule has 1 unspecified atom stereocenters. The first-order valence-electron chi connectivity index (χ1n) is 4.38. The number of hydrogen-bond acceptors (Lipinski definition) is 3. The number of aliphatic hydroxyl groups is 1. The van der Waals surface area contributed by atoms with E-state index in [4.69, 9.17) is 0 Å². The van der Waals surface area contributed by atoms with Crippen molar-refractivity contribution in [2.24, 2.45) is 7.05 Å². The van der Waals surface area contributed by atoms with Crippen LogP contribution in [0.1, 0.15) is 12.7 Å². The number of likely N-dealkylation sites (N-methyl/N-ethyl adjacent to an activating group) is 1. The third-order valence-corrected chi connectivity index (χ3v) is 2.02. The van der Waals surface area contributed by atoms with Crippen LogP contribution in [0.2, 0.25) is 0 Å². The molecule has 0 fully saturated rings. The highest BCUT2D eigenvalue weighted by Crippen LogP contribution is 2.09. The summed E-state index contributed by atoms with van der Waals surface area (Å²) in [6.07, 6.45) is 4.19. The lowest BCUT2D eigenvalue weighted by molar-refractivity contribution is 0.0595. The molecule has 74 valence electrons. The minimum Gasteiger partial charge on any atom is -0.388 e. The molecule has 0 saturated carbocycles. The molecular weight excluding hydrogens is 166 g/mol. The summed E-state index contributed by atoms with van der Waals surface area (Å²) in [6.45, 7) is 2.37. The Hall–Kier alpha value is -0.870. The van der Waals surface area contributed by atoms with Gasteiger partial charge in [0.1, 0.15) is 5.82 Å². The number of nitrogens with one attached hydrogen (secondary N) is 1. The fraction of sp³-hybridized carbons (Fsp3) is 0.667. The summed E-state index contributed by atoms with van der Waals surface area (Å²) in [4.78, 5) is 4.16. The zero-order chi connectivity index (χ0) is 9.90. The van der Waals surface area contributed by atoms with Gasteiger partial charge in [0, 0.05) is 32.4 Å². The van der Waals surface area contributed by atoms with Gasteiger partial charge in [-0.1, -0.05) is 0 Å². The number of aromatic nitrogens is 2. The van der Waals surface area contributed by atoms with Gasteiger partial charge in [-0.05, 0) is 14.0 Å². The summed E-state index contributed by atoms with van der Waals surface area (Å²) in [7, 11) is 3.75. The van der Waals surface area contributed by atoms with Gasteiger partial charge in [-0.15, -0.1) is 0 Å². The Morgan fingerprint density at radius 1 is 1.69 bits per heavy atom. The predicted molar refractivity (Wildman–Crippen MR) is 51.5 cm³/mol. The SMILES string of the molecule is CNCC(C)(O)Cc1nccn1C. The van der Waals surface area contributed by atoms with E-state index in [1.54, 1.807) is 13.1 Å². The normalized spacial score (nSPS) is 15.7. The maximum atomic E-state index is 9.89. The van der Waals surface area contributed by atoms with Crippen LogP contribution < -0.4 is 5.32 Å². The lowest BCUT2D eigenvalue weighted by Gasteiger charge is -2.22. The van der Waals surface area contributed by atoms with Crippen molar-refractivity contribution in [2.75, 3.05) is 13.6 Å². The average molecular weight is 183 g/mol. The van der Waals surface area contributed by atoms with Crippen LogP contribution in [0.15, 0.2) is 12.4 Å². The fourth-order valence-corrected chi connectivity index (χ4v) is 1.35. The first-order chi connectivity index (χ1) is 6.05. The van der Waals surface area contributed by atoms with Gasteiger partial charge < -0.3 is 15.0 Å². The largest absolute Gasteiger partial charge is 0.388 e. The molecule has 1 aromatic heterocycles. The number of hydrogen-bond donors (Lipinski definition) is 2. The van der Waals surface area contributed by atoms with Crippen molar-refractivity contribution in [2.45, 2.75) is 18.9 Å². The summed E-state index contributed by atoms with van der Waals surface area (Å²) in [6, 6.07) is 0. The Kier molecular flexibility index (Phi) is 3.06. The second-order valence-corrected chi connectivity index (χ2v) is 3.66. The molecule has 0 bridgehead atoms. The third-order valence-electron chi connectivity index (χ3n) is 2.02. The van der Waals surface area contributed by atoms with Gasteiger partial charge in [-0.25, -0.2) is 4.98 Å². The van der Waals surface area contributed by atoms with E-state index in [0.717, 1.165) is 5.82 Å². The molecule has 1 atom stereocenters. The number of imidazole rings is 1. The van der Waals surface area contributed by atoms with Crippen LogP contribution in [0.4, 0.5) is 0 Å². The smallest absolute Gasteiger partial charge is 0.111 e. The molecule has 0 radical (unpaired) electrons. The highest BCUT2D eigenvalue weighted by atomic mass is 16.3. The number of rotatable bonds is 4. The van der Waals surface area contributed by atoms with Crippen LogP contribution >= 0.6 is 0 Å². The first-order valence-corrected chi connectivity index (χ1v) is 4.38. The Balaban J connectivity index is 2.63. The lowest BCUT2D eigenvalue weighted by Crippen LogP contribution is -2.38. The van der Waals surface area contributed by atoms with Crippen molar-refractivity contribution >= 4 is 0 Å². The number of aryl methyl sites for hydroxylation is 1. The van der Waals surface area contributed by atoms with E-state index in [0.29, 0.717) is 13.0 Å². The summed E-state index contributed by atoms with van der Waals surface area (Å²) in [5, 5.41) is 12.8. The first kappa shape index (κ1) is 10.2. The van der Waals surface area contributed by atoms with Crippen LogP contribution in [0.5, 0.6) is 0 Å². The van der Waals surface area contributed by atoms with Gasteiger partial charge in [-0.3, -0.25) is 0 Å². The van der Waals surface area contributed by atoms with Crippen molar-refractivity contribution < 1.29 is 5.11 Å². The molecule has 0 aromatic carbocycles. The van der Waals surface area contributed by atoms with Crippen LogP contribution in [-0.4, -0.2) is 33.9 Å². The van der Waals surface area contributed by atoms with E-state index in [9.17, 15) is 5.11 Å². The number of nitrogens with zero attached hydrogens (tertiary/aromatic N) is 2. The fourth-order valence-electron chi connectivity index (χ4n) is 1.35. The molecule has 0 spiro atoms. The van der Waals surface area contributed by atoms with Gasteiger partial charge in [0.25, 0.3) is 0 Å². The van der Waals surface area contributed by atoms with E-state index in [2.05, 4.69) is 10.3 Å². The van der Waals surface area contributed by atoms with Crippen molar-refractivity contribution in [3.8, 4) is 0 Å². The van der Waals surface area contributed by atoms with E-state index in [-0.39, 0.29) is 0 Å². The molecule has 4 nitrogen and oxygen atoms in total. The average Bonchev–Trinajstić information content (AvgIpc) is 2.35. The summed E-state index contributed by atoms with van der Waals surface area (Å²) in [5.74, 6) is 0.903. The van der Waals surface area contributed by atoms with E-state index in [1.165, 1.54) is 0 Å². The molecule has 2 N–H and O–H groups in total. The van der Waals surface area contributed by atoms with Gasteiger partial charge in [0.05, 0.1) is 5.60 Å². The highest BCUT2D eigenvalue weighted by Gasteiger charge is 2.21. The highest BCUT2D eigenvalue weighted by molar-refractivity contribution is 4.97. The minimum absolute atomic E-state index is 0.567. The molecule has 1 rings (SSSR count). The Bertz CT molecular complexity index is 268. The molecule has 0 amide bonds. The predicted octanol–water partition coefficient (Wildman–Crippen LogP) is -0.0670. The van der Waals surface area contributed by atoms with Crippen LogP contribution in [0.3, 0.4) is 0 Å². The maximum absolute atomic E-state index is 9.89. The molecule has 0 saturated heterocycles. The Labute approximate surface area is 78.6 Å². The van der Waals surface area contributed by atoms with E-state index in [1.807, 2.05) is 24.9 Å². The van der Waals surface area contributed by atoms with E-state index >= 15 is 0 Å². The Morgan fingerprint density at radius 2 is 2.38 bits per heavy atom. The standard InChI is InChI=1S/C9H17N3O/c1-9(13,7-10-2)6-8-11-4-5-12(8)3/h4-5,10,13H,6-7H2,1-3H3. The topological polar surface area (TPSA) is 50.1 Å². The monoisotopic (exact) mass is 183 g/mol. The van der Waals surface area contributed by atoms with Gasteiger partial charge in [-0.2, -0.15) is 0 Å². The maximum Gasteiger partial charge on any atom is 0.111 e. The molecule has 0 aliphatic carbocycles. The molecule has 1 heterocycles. The Morgan fingerprint density at radius 3 is 2.85 bits per heavy atom. The van der Waals surface area contributed by atoms with E-state index < -0.39 is 5.60 Å². The van der Waals surface area contributed by atoms with Crippen molar-refractivity contribution in [1.29, 1.82) is 0 Å². The van der Waals surface area contributed by atoms with Crippen LogP contribution in [-0.2, 0) is 13.5 Å². The van der Waals surface area contributed by atoms with Crippen molar-refractivity contribution in [3.05, 3.63) is 18.2 Å². The quantitative estimate of drug-likeness (QED) is 0.687. The third kappa shape index (κ3) is 2.82. The molecule has 0 aliphatic rings. The molecular formula is C9H17N3O. The molecule has 4 heteroatoms. The molecule has 0 aliphatic heterocycles. The van der Waals surface area contributed by atoms with Crippen molar-refractivity contribution in [3.63, 3.8) is 0 Å². The molecule has 1 aromatic rings. The van der Waals surface area contributed by atoms with Gasteiger partial charge in [0.15, 0.2) is 0 Å². The van der Waals surface area contributed by atoms with Gasteiger partial charge >= 0.3 is 0 Å². The summed E-state index contributed by atoms with van der Waals surface area (Å²) < 4.78 is 1.92. The van der Waals surface area contributed by atoms with Crippen molar-refractivity contribution in [1.82, 2.24) is 14.9 Å². The summed E-state index contributed by atoms with van der Waals surface area (Å²) in [5.41, 5.74) is -0.728. The lowest BCUT2D eigenvalue weighted by atomic mass is 10.0. The van der Waals surface area contributed by atoms with Crippen LogP contribution in [0.25, 0.3) is 0 Å². The zero-order valence-electron chi connectivity index (χ0n) is 8.41. The van der Waals surface area contributed by atoms with Gasteiger partial charge in [0.2, 0.25) is 0 Å². The summed E-state index contributed by atoms with van der Waals surface area (Å²) >= 11 is 0. The molecule has 13 heavy (non-hydrogen) atoms. The van der Waals surface area contributed by atoms with Crippen LogP contribution in [0, 0.1) is 0 Å². The second-order valence-electron chi connectivity index (χ2n) is 3.66. The zero-order valence-corrected chi connectivity index (χ0v) is 8.41. The second kappa shape index (κ2) is 3.89.